The van der Waals surface area contributed by atoms with Crippen molar-refractivity contribution in [1.29, 1.82) is 0 Å². The molecule has 0 unspecified atom stereocenters. The van der Waals surface area contributed by atoms with Crippen LogP contribution in [0.25, 0.3) is 0 Å². The molecule has 10 heteroatoms. The van der Waals surface area contributed by atoms with Crippen molar-refractivity contribution in [1.82, 2.24) is 10.6 Å². The van der Waals surface area contributed by atoms with Crippen molar-refractivity contribution in [3.05, 3.63) is 44.0 Å². The SMILES string of the molecule is CC1(C)CC(NC(=O)c2cc([N+](=O)[O-])cc([N+](=O)[O-])c2)CC(C)(C)N1.Cl. The van der Waals surface area contributed by atoms with Crippen molar-refractivity contribution in [3.63, 3.8) is 0 Å². The maximum atomic E-state index is 12.5. The quantitative estimate of drug-likeness (QED) is 0.604. The summed E-state index contributed by atoms with van der Waals surface area (Å²) in [6.07, 6.45) is 1.36. The van der Waals surface area contributed by atoms with E-state index in [0.29, 0.717) is 12.8 Å². The molecule has 1 amide bonds. The molecule has 0 spiro atoms. The number of nitrogens with zero attached hydrogens (tertiary/aromatic N) is 2. The number of carbonyl (C=O) groups is 1. The number of rotatable bonds is 4. The van der Waals surface area contributed by atoms with Gasteiger partial charge in [0, 0.05) is 29.3 Å². The fourth-order valence-electron chi connectivity index (χ4n) is 3.63. The summed E-state index contributed by atoms with van der Waals surface area (Å²) in [6, 6.07) is 2.81. The molecule has 0 aromatic heterocycles. The highest BCUT2D eigenvalue weighted by Gasteiger charge is 2.38. The fourth-order valence-corrected chi connectivity index (χ4v) is 3.63. The van der Waals surface area contributed by atoms with E-state index in [2.05, 4.69) is 10.6 Å². The summed E-state index contributed by atoms with van der Waals surface area (Å²) < 4.78 is 0. The van der Waals surface area contributed by atoms with Gasteiger partial charge in [-0.15, -0.1) is 12.4 Å². The molecule has 0 aliphatic carbocycles. The zero-order valence-electron chi connectivity index (χ0n) is 15.1. The number of nitro benzene ring substituents is 2. The third-order valence-corrected chi connectivity index (χ3v) is 4.11. The molecule has 0 radical (unpaired) electrons. The molecule has 0 atom stereocenters. The van der Waals surface area contributed by atoms with Crippen LogP contribution in [-0.2, 0) is 0 Å². The molecule has 0 bridgehead atoms. The lowest BCUT2D eigenvalue weighted by Crippen LogP contribution is -2.62. The van der Waals surface area contributed by atoms with Crippen LogP contribution in [0.15, 0.2) is 18.2 Å². The Kier molecular flexibility index (Phi) is 6.32. The highest BCUT2D eigenvalue weighted by molar-refractivity contribution is 5.95. The first-order valence-electron chi connectivity index (χ1n) is 7.93. The van der Waals surface area contributed by atoms with Crippen LogP contribution in [-0.4, -0.2) is 32.9 Å². The van der Waals surface area contributed by atoms with E-state index >= 15 is 0 Å². The van der Waals surface area contributed by atoms with Gasteiger partial charge in [0.1, 0.15) is 0 Å². The molecule has 1 aliphatic heterocycles. The average Bonchev–Trinajstić information content (AvgIpc) is 2.43. The Morgan fingerprint density at radius 3 is 1.85 bits per heavy atom. The third-order valence-electron chi connectivity index (χ3n) is 4.11. The summed E-state index contributed by atoms with van der Waals surface area (Å²) in [5.74, 6) is -0.551. The Balaban J connectivity index is 0.00000338. The van der Waals surface area contributed by atoms with Crippen LogP contribution in [0.5, 0.6) is 0 Å². The van der Waals surface area contributed by atoms with Gasteiger partial charge in [0.05, 0.1) is 21.5 Å². The molecule has 144 valence electrons. The molecule has 0 saturated carbocycles. The van der Waals surface area contributed by atoms with Gasteiger partial charge in [-0.25, -0.2) is 0 Å². The molecule has 1 heterocycles. The lowest BCUT2D eigenvalue weighted by molar-refractivity contribution is -0.394. The standard InChI is InChI=1S/C16H22N4O5.ClH/c1-15(2)8-11(9-16(3,4)18-15)17-14(21)10-5-12(19(22)23)7-13(6-10)20(24)25;/h5-7,11,18H,8-9H2,1-4H3,(H,17,21);1H. The molecule has 1 saturated heterocycles. The first-order valence-corrected chi connectivity index (χ1v) is 7.93. The number of nitrogens with one attached hydrogen (secondary N) is 2. The average molecular weight is 387 g/mol. The van der Waals surface area contributed by atoms with Crippen LogP contribution in [0.3, 0.4) is 0 Å². The second-order valence-electron chi connectivity index (χ2n) is 7.72. The zero-order chi connectivity index (χ0) is 19.0. The molecule has 9 nitrogen and oxygen atoms in total. The Bertz CT molecular complexity index is 687. The van der Waals surface area contributed by atoms with E-state index < -0.39 is 27.1 Å². The number of benzene rings is 1. The summed E-state index contributed by atoms with van der Waals surface area (Å²) in [5.41, 5.74) is -1.42. The number of non-ortho nitro benzene ring substituents is 2. The maximum Gasteiger partial charge on any atom is 0.277 e. The molecular formula is C16H23ClN4O5. The predicted molar refractivity (Wildman–Crippen MR) is 98.8 cm³/mol. The monoisotopic (exact) mass is 386 g/mol. The molecule has 2 rings (SSSR count). The number of amides is 1. The smallest absolute Gasteiger partial charge is 0.277 e. The molecule has 2 N–H and O–H groups in total. The summed E-state index contributed by atoms with van der Waals surface area (Å²) in [6.45, 7) is 8.13. The van der Waals surface area contributed by atoms with Gasteiger partial charge in [-0.1, -0.05) is 0 Å². The van der Waals surface area contributed by atoms with Gasteiger partial charge in [0.2, 0.25) is 0 Å². The first-order chi connectivity index (χ1) is 11.4. The zero-order valence-corrected chi connectivity index (χ0v) is 15.9. The topological polar surface area (TPSA) is 127 Å². The van der Waals surface area contributed by atoms with Crippen LogP contribution >= 0.6 is 12.4 Å². The van der Waals surface area contributed by atoms with Gasteiger partial charge in [-0.05, 0) is 40.5 Å². The Morgan fingerprint density at radius 2 is 1.46 bits per heavy atom. The fraction of sp³-hybridized carbons (Fsp3) is 0.562. The second-order valence-corrected chi connectivity index (χ2v) is 7.72. The number of halogens is 1. The molecule has 26 heavy (non-hydrogen) atoms. The van der Waals surface area contributed by atoms with Crippen LogP contribution in [0.1, 0.15) is 50.9 Å². The van der Waals surface area contributed by atoms with Crippen molar-refractivity contribution in [2.75, 3.05) is 0 Å². The van der Waals surface area contributed by atoms with E-state index in [-0.39, 0.29) is 35.1 Å². The minimum absolute atomic E-state index is 0. The number of nitro groups is 2. The lowest BCUT2D eigenvalue weighted by atomic mass is 9.79. The predicted octanol–water partition coefficient (Wildman–Crippen LogP) is 2.96. The van der Waals surface area contributed by atoms with Crippen LogP contribution in [0.2, 0.25) is 0 Å². The summed E-state index contributed by atoms with van der Waals surface area (Å²) in [7, 11) is 0. The molecule has 1 aromatic carbocycles. The molecule has 1 aromatic rings. The minimum Gasteiger partial charge on any atom is -0.349 e. The van der Waals surface area contributed by atoms with E-state index in [1.807, 2.05) is 27.7 Å². The van der Waals surface area contributed by atoms with E-state index in [4.69, 9.17) is 0 Å². The third kappa shape index (κ3) is 5.37. The maximum absolute atomic E-state index is 12.5. The van der Waals surface area contributed by atoms with E-state index in [1.54, 1.807) is 0 Å². The molecular weight excluding hydrogens is 364 g/mol. The number of hydrogen-bond donors (Lipinski definition) is 2. The molecule has 1 aliphatic rings. The van der Waals surface area contributed by atoms with Gasteiger partial charge >= 0.3 is 0 Å². The number of piperidine rings is 1. The lowest BCUT2D eigenvalue weighted by Gasteiger charge is -2.46. The van der Waals surface area contributed by atoms with Gasteiger partial charge in [-0.3, -0.25) is 25.0 Å². The molecule has 1 fully saturated rings. The Labute approximate surface area is 157 Å². The van der Waals surface area contributed by atoms with Crippen molar-refractivity contribution in [2.45, 2.75) is 57.7 Å². The van der Waals surface area contributed by atoms with E-state index in [1.165, 1.54) is 0 Å². The van der Waals surface area contributed by atoms with Crippen molar-refractivity contribution >= 4 is 29.7 Å². The highest BCUT2D eigenvalue weighted by atomic mass is 35.5. The van der Waals surface area contributed by atoms with Crippen molar-refractivity contribution in [2.24, 2.45) is 0 Å². The van der Waals surface area contributed by atoms with Crippen LogP contribution < -0.4 is 10.6 Å². The largest absolute Gasteiger partial charge is 0.349 e. The number of carbonyl (C=O) groups excluding carboxylic acids is 1. The van der Waals surface area contributed by atoms with Crippen molar-refractivity contribution in [3.8, 4) is 0 Å². The summed E-state index contributed by atoms with van der Waals surface area (Å²) in [4.78, 5) is 32.9. The summed E-state index contributed by atoms with van der Waals surface area (Å²) >= 11 is 0. The van der Waals surface area contributed by atoms with Gasteiger partial charge in [0.15, 0.2) is 0 Å². The number of hydrogen-bond acceptors (Lipinski definition) is 6. The Hall–Kier alpha value is -2.26. The van der Waals surface area contributed by atoms with Gasteiger partial charge in [0.25, 0.3) is 17.3 Å². The second kappa shape index (κ2) is 7.55. The minimum atomic E-state index is -0.749. The van der Waals surface area contributed by atoms with Gasteiger partial charge in [-0.2, -0.15) is 0 Å². The highest BCUT2D eigenvalue weighted by Crippen LogP contribution is 2.29. The van der Waals surface area contributed by atoms with Crippen LogP contribution in [0, 0.1) is 20.2 Å². The van der Waals surface area contributed by atoms with E-state index in [0.717, 1.165) is 18.2 Å². The first kappa shape index (κ1) is 21.8. The van der Waals surface area contributed by atoms with E-state index in [9.17, 15) is 25.0 Å². The van der Waals surface area contributed by atoms with Crippen molar-refractivity contribution < 1.29 is 14.6 Å². The Morgan fingerprint density at radius 1 is 1.04 bits per heavy atom. The normalized spacial score (nSPS) is 18.5. The summed E-state index contributed by atoms with van der Waals surface area (Å²) in [5, 5.41) is 28.3. The van der Waals surface area contributed by atoms with Gasteiger partial charge < -0.3 is 10.6 Å². The van der Waals surface area contributed by atoms with Crippen LogP contribution in [0.4, 0.5) is 11.4 Å².